The maximum Gasteiger partial charge on any atom is 0.323 e. The Kier molecular flexibility index (Phi) is 4.84. The summed E-state index contributed by atoms with van der Waals surface area (Å²) < 4.78 is 31.6. The van der Waals surface area contributed by atoms with Crippen molar-refractivity contribution in [2.24, 2.45) is 12.8 Å². The summed E-state index contributed by atoms with van der Waals surface area (Å²) in [7, 11) is -2.39. The highest BCUT2D eigenvalue weighted by atomic mass is 32.2. The number of aryl methyl sites for hydroxylation is 1. The molecular weight excluding hydrogens is 292 g/mol. The van der Waals surface area contributed by atoms with Crippen LogP contribution in [0.2, 0.25) is 0 Å². The number of sulfonamides is 1. The van der Waals surface area contributed by atoms with E-state index in [-0.39, 0.29) is 23.0 Å². The summed E-state index contributed by atoms with van der Waals surface area (Å²) >= 11 is 4.78. The van der Waals surface area contributed by atoms with Gasteiger partial charge < -0.3 is 10.5 Å². The second kappa shape index (κ2) is 5.97. The first-order valence-corrected chi connectivity index (χ1v) is 7.30. The van der Waals surface area contributed by atoms with Crippen LogP contribution in [-0.4, -0.2) is 41.5 Å². The molecule has 3 N–H and O–H groups in total. The van der Waals surface area contributed by atoms with Crippen molar-refractivity contribution in [3.8, 4) is 0 Å². The molecule has 0 aliphatic carbocycles. The maximum atomic E-state index is 11.8. The number of hydrogen-bond acceptors (Lipinski definition) is 6. The summed E-state index contributed by atoms with van der Waals surface area (Å²) in [6.45, 7) is 1.70. The van der Waals surface area contributed by atoms with Gasteiger partial charge in [-0.05, 0) is 6.92 Å². The van der Waals surface area contributed by atoms with Crippen LogP contribution in [0, 0.1) is 0 Å². The van der Waals surface area contributed by atoms with E-state index in [4.69, 9.17) is 18.0 Å². The number of esters is 1. The molecule has 1 rings (SSSR count). The number of ether oxygens (including phenoxy) is 1. The number of aromatic nitrogens is 2. The normalized spacial score (nSPS) is 11.1. The average molecular weight is 306 g/mol. The van der Waals surface area contributed by atoms with Crippen LogP contribution in [0.25, 0.3) is 0 Å². The van der Waals surface area contributed by atoms with E-state index in [2.05, 4.69) is 14.6 Å². The van der Waals surface area contributed by atoms with Crippen LogP contribution in [-0.2, 0) is 26.6 Å². The first-order valence-electron chi connectivity index (χ1n) is 5.24. The third-order valence-electron chi connectivity index (χ3n) is 2.07. The Morgan fingerprint density at radius 3 is 2.79 bits per heavy atom. The first-order chi connectivity index (χ1) is 8.76. The first kappa shape index (κ1) is 15.4. The molecule has 0 saturated heterocycles. The van der Waals surface area contributed by atoms with Gasteiger partial charge in [0.15, 0.2) is 5.75 Å². The van der Waals surface area contributed by atoms with Crippen molar-refractivity contribution in [1.29, 1.82) is 0 Å². The molecule has 106 valence electrons. The molecule has 1 aromatic heterocycles. The van der Waals surface area contributed by atoms with E-state index in [0.717, 1.165) is 0 Å². The van der Waals surface area contributed by atoms with Crippen LogP contribution >= 0.6 is 12.2 Å². The zero-order valence-electron chi connectivity index (χ0n) is 10.4. The fourth-order valence-corrected chi connectivity index (χ4v) is 2.43. The molecule has 0 aromatic carbocycles. The van der Waals surface area contributed by atoms with Gasteiger partial charge in [0.25, 0.3) is 0 Å². The molecule has 0 radical (unpaired) electrons. The molecule has 0 aliphatic rings. The van der Waals surface area contributed by atoms with E-state index in [0.29, 0.717) is 0 Å². The summed E-state index contributed by atoms with van der Waals surface area (Å²) in [4.78, 5) is 11.2. The van der Waals surface area contributed by atoms with Gasteiger partial charge in [-0.1, -0.05) is 12.2 Å². The van der Waals surface area contributed by atoms with Crippen molar-refractivity contribution >= 4 is 39.0 Å². The summed E-state index contributed by atoms with van der Waals surface area (Å²) in [6.07, 6.45) is 1.34. The molecule has 1 heterocycles. The predicted octanol–water partition coefficient (Wildman–Crippen LogP) is -0.641. The van der Waals surface area contributed by atoms with E-state index < -0.39 is 21.7 Å². The number of carbonyl (C=O) groups is 1. The third kappa shape index (κ3) is 4.17. The van der Waals surface area contributed by atoms with E-state index in [1.54, 1.807) is 6.92 Å². The molecule has 0 spiro atoms. The topological polar surface area (TPSA) is 116 Å². The number of rotatable bonds is 6. The lowest BCUT2D eigenvalue weighted by Crippen LogP contribution is -2.26. The monoisotopic (exact) mass is 306 g/mol. The molecule has 0 fully saturated rings. The minimum absolute atomic E-state index is 0.00179. The Bertz CT molecular complexity index is 593. The van der Waals surface area contributed by atoms with Crippen LogP contribution in [0.5, 0.6) is 0 Å². The van der Waals surface area contributed by atoms with Crippen molar-refractivity contribution in [3.63, 3.8) is 0 Å². The van der Waals surface area contributed by atoms with Crippen molar-refractivity contribution in [3.05, 3.63) is 11.8 Å². The second-order valence-corrected chi connectivity index (χ2v) is 5.72. The van der Waals surface area contributed by atoms with Gasteiger partial charge in [-0.15, -0.1) is 0 Å². The van der Waals surface area contributed by atoms with Crippen molar-refractivity contribution in [2.45, 2.75) is 6.92 Å². The SMILES string of the molecule is CCOC(=O)CS(=O)(=O)Nc1c(C(N)=S)cnn1C. The summed E-state index contributed by atoms with van der Waals surface area (Å²) in [5.74, 6) is -1.52. The number of carbonyl (C=O) groups excluding carboxylic acids is 1. The van der Waals surface area contributed by atoms with Gasteiger partial charge in [-0.25, -0.2) is 8.42 Å². The molecular formula is C9H14N4O4S2. The summed E-state index contributed by atoms with van der Waals surface area (Å²) in [5.41, 5.74) is 5.73. The van der Waals surface area contributed by atoms with Gasteiger partial charge >= 0.3 is 5.97 Å². The number of nitrogens with two attached hydrogens (primary N) is 1. The van der Waals surface area contributed by atoms with E-state index in [9.17, 15) is 13.2 Å². The number of hydrogen-bond donors (Lipinski definition) is 2. The van der Waals surface area contributed by atoms with Gasteiger partial charge in [0.2, 0.25) is 10.0 Å². The zero-order valence-corrected chi connectivity index (χ0v) is 12.0. The van der Waals surface area contributed by atoms with E-state index >= 15 is 0 Å². The lowest BCUT2D eigenvalue weighted by Gasteiger charge is -2.09. The number of nitrogens with zero attached hydrogens (tertiary/aromatic N) is 2. The molecule has 0 aliphatic heterocycles. The minimum atomic E-state index is -3.91. The molecule has 0 bridgehead atoms. The fraction of sp³-hybridized carbons (Fsp3) is 0.444. The Morgan fingerprint density at radius 2 is 2.26 bits per heavy atom. The van der Waals surface area contributed by atoms with Crippen molar-refractivity contribution < 1.29 is 17.9 Å². The van der Waals surface area contributed by atoms with Crippen LogP contribution in [0.1, 0.15) is 12.5 Å². The fourth-order valence-electron chi connectivity index (χ4n) is 1.28. The molecule has 19 heavy (non-hydrogen) atoms. The van der Waals surface area contributed by atoms with Crippen LogP contribution in [0.4, 0.5) is 5.82 Å². The van der Waals surface area contributed by atoms with Crippen LogP contribution in [0.3, 0.4) is 0 Å². The van der Waals surface area contributed by atoms with Gasteiger partial charge in [0, 0.05) is 7.05 Å². The lowest BCUT2D eigenvalue weighted by molar-refractivity contribution is -0.139. The highest BCUT2D eigenvalue weighted by Crippen LogP contribution is 2.15. The van der Waals surface area contributed by atoms with Gasteiger partial charge in [-0.2, -0.15) is 5.10 Å². The average Bonchev–Trinajstić information content (AvgIpc) is 2.59. The quantitative estimate of drug-likeness (QED) is 0.530. The van der Waals surface area contributed by atoms with Crippen molar-refractivity contribution in [2.75, 3.05) is 17.1 Å². The lowest BCUT2D eigenvalue weighted by atomic mass is 10.3. The molecule has 0 unspecified atom stereocenters. The van der Waals surface area contributed by atoms with Gasteiger partial charge in [0.1, 0.15) is 10.8 Å². The third-order valence-corrected chi connectivity index (χ3v) is 3.41. The molecule has 0 atom stereocenters. The molecule has 0 saturated carbocycles. The van der Waals surface area contributed by atoms with Crippen molar-refractivity contribution in [1.82, 2.24) is 9.78 Å². The Balaban J connectivity index is 2.93. The smallest absolute Gasteiger partial charge is 0.323 e. The van der Waals surface area contributed by atoms with Gasteiger partial charge in [-0.3, -0.25) is 14.2 Å². The number of anilines is 1. The van der Waals surface area contributed by atoms with Crippen LogP contribution in [0.15, 0.2) is 6.20 Å². The largest absolute Gasteiger partial charge is 0.465 e. The Hall–Kier alpha value is -1.68. The minimum Gasteiger partial charge on any atom is -0.465 e. The van der Waals surface area contributed by atoms with E-state index in [1.807, 2.05) is 0 Å². The second-order valence-electron chi connectivity index (χ2n) is 3.56. The summed E-state index contributed by atoms with van der Waals surface area (Å²) in [5, 5.41) is 3.84. The molecule has 1 aromatic rings. The van der Waals surface area contributed by atoms with E-state index in [1.165, 1.54) is 17.9 Å². The number of nitrogens with one attached hydrogen (secondary N) is 1. The maximum absolute atomic E-state index is 11.8. The number of thiocarbonyl (C=S) groups is 1. The Morgan fingerprint density at radius 1 is 1.63 bits per heavy atom. The zero-order chi connectivity index (χ0) is 14.6. The molecule has 10 heteroatoms. The molecule has 0 amide bonds. The standard InChI is InChI=1S/C9H14N4O4S2/c1-3-17-7(14)5-19(15,16)12-9-6(8(10)18)4-11-13(9)2/h4,12H,3,5H2,1-2H3,(H2,10,18). The predicted molar refractivity (Wildman–Crippen MR) is 73.1 cm³/mol. The summed E-state index contributed by atoms with van der Waals surface area (Å²) in [6, 6.07) is 0. The van der Waals surface area contributed by atoms with Crippen LogP contribution < -0.4 is 10.5 Å². The highest BCUT2D eigenvalue weighted by Gasteiger charge is 2.21. The highest BCUT2D eigenvalue weighted by molar-refractivity contribution is 7.93. The molecule has 8 nitrogen and oxygen atoms in total. The van der Waals surface area contributed by atoms with Gasteiger partial charge in [0.05, 0.1) is 18.4 Å². The Labute approximate surface area is 116 Å².